The first-order valence-corrected chi connectivity index (χ1v) is 8.34. The van der Waals surface area contributed by atoms with E-state index in [0.717, 1.165) is 22.1 Å². The van der Waals surface area contributed by atoms with E-state index in [1.807, 2.05) is 0 Å². The average Bonchev–Trinajstić information content (AvgIpc) is 3.18. The van der Waals surface area contributed by atoms with Crippen LogP contribution in [0.15, 0.2) is 30.2 Å². The number of alkyl halides is 6. The normalized spacial score (nSPS) is 20.8. The molecule has 1 aromatic heterocycles. The van der Waals surface area contributed by atoms with E-state index in [1.165, 1.54) is 6.92 Å². The minimum absolute atomic E-state index is 0.0186. The van der Waals surface area contributed by atoms with Crippen molar-refractivity contribution in [2.75, 3.05) is 6.54 Å². The second kappa shape index (κ2) is 7.27. The van der Waals surface area contributed by atoms with Gasteiger partial charge in [-0.15, -0.1) is 5.10 Å². The maximum absolute atomic E-state index is 13.0. The molecule has 1 aromatic carbocycles. The van der Waals surface area contributed by atoms with E-state index in [4.69, 9.17) is 5.26 Å². The fraction of sp³-hybridized carbons (Fsp3) is 0.294. The lowest BCUT2D eigenvalue weighted by molar-refractivity contribution is -0.143. The van der Waals surface area contributed by atoms with Gasteiger partial charge in [0.05, 0.1) is 29.1 Å². The lowest BCUT2D eigenvalue weighted by atomic mass is 10.0. The fourth-order valence-electron chi connectivity index (χ4n) is 2.81. The van der Waals surface area contributed by atoms with Gasteiger partial charge in [0.2, 0.25) is 0 Å². The average molecular weight is 446 g/mol. The van der Waals surface area contributed by atoms with E-state index < -0.39 is 53.2 Å². The van der Waals surface area contributed by atoms with Crippen molar-refractivity contribution >= 4 is 12.2 Å². The number of carbonyl (C=O) groups excluding carboxylic acids is 1. The molecule has 0 spiro atoms. The molecule has 0 aliphatic carbocycles. The van der Waals surface area contributed by atoms with Crippen LogP contribution in [-0.4, -0.2) is 43.1 Å². The Hall–Kier alpha value is -3.60. The molecule has 1 aliphatic heterocycles. The van der Waals surface area contributed by atoms with Crippen LogP contribution >= 0.6 is 0 Å². The van der Waals surface area contributed by atoms with Gasteiger partial charge in [0.25, 0.3) is 0 Å². The summed E-state index contributed by atoms with van der Waals surface area (Å²) in [5, 5.41) is 25.1. The number of aromatic nitrogens is 3. The zero-order valence-electron chi connectivity index (χ0n) is 15.5. The maximum atomic E-state index is 13.0. The number of urea groups is 1. The van der Waals surface area contributed by atoms with Gasteiger partial charge >= 0.3 is 18.4 Å². The summed E-state index contributed by atoms with van der Waals surface area (Å²) in [5.74, 6) is -0.461. The SMILES string of the molecule is CC1(O)NC(=O)N(CC#N)/C1=C\n1cnc(-c2cc(C(F)(F)F)cc(C(F)(F)F)c2)n1. The van der Waals surface area contributed by atoms with E-state index in [1.54, 1.807) is 6.07 Å². The Morgan fingerprint density at radius 3 is 2.29 bits per heavy atom. The van der Waals surface area contributed by atoms with Gasteiger partial charge in [0.1, 0.15) is 12.9 Å². The third kappa shape index (κ3) is 4.45. The highest BCUT2D eigenvalue weighted by molar-refractivity contribution is 5.82. The Labute approximate surface area is 170 Å². The number of hydrogen-bond acceptors (Lipinski definition) is 5. The van der Waals surface area contributed by atoms with Crippen molar-refractivity contribution in [1.82, 2.24) is 25.0 Å². The number of benzene rings is 1. The standard InChI is InChI=1S/C17H12F6N6O2/c1-15(31)12(29(3-2-24)14(30)26-15)7-28-8-25-13(27-28)9-4-10(16(18,19)20)6-11(5-9)17(21,22)23/h4-8,31H,3H2,1H3,(H,26,30)/b12-7-. The van der Waals surface area contributed by atoms with Crippen LogP contribution in [0.25, 0.3) is 17.6 Å². The van der Waals surface area contributed by atoms with E-state index in [0.29, 0.717) is 12.1 Å². The maximum Gasteiger partial charge on any atom is 0.416 e. The van der Waals surface area contributed by atoms with Crippen LogP contribution in [0.3, 0.4) is 0 Å². The predicted octanol–water partition coefficient (Wildman–Crippen LogP) is 3.04. The van der Waals surface area contributed by atoms with Crippen molar-refractivity contribution in [3.05, 3.63) is 41.4 Å². The Balaban J connectivity index is 2.05. The molecule has 2 amide bonds. The first-order valence-electron chi connectivity index (χ1n) is 8.34. The highest BCUT2D eigenvalue weighted by Gasteiger charge is 2.43. The molecule has 0 radical (unpaired) electrons. The molecule has 0 bridgehead atoms. The molecule has 31 heavy (non-hydrogen) atoms. The van der Waals surface area contributed by atoms with E-state index in [9.17, 15) is 36.2 Å². The summed E-state index contributed by atoms with van der Waals surface area (Å²) in [4.78, 5) is 16.5. The summed E-state index contributed by atoms with van der Waals surface area (Å²) in [6.45, 7) is 0.770. The summed E-state index contributed by atoms with van der Waals surface area (Å²) in [5.41, 5.74) is -5.63. The molecule has 164 valence electrons. The first kappa shape index (κ1) is 22.1. The molecule has 3 rings (SSSR count). The predicted molar refractivity (Wildman–Crippen MR) is 91.2 cm³/mol. The third-order valence-corrected chi connectivity index (χ3v) is 4.22. The van der Waals surface area contributed by atoms with Crippen LogP contribution in [0.1, 0.15) is 18.1 Å². The lowest BCUT2D eigenvalue weighted by Crippen LogP contribution is -2.38. The van der Waals surface area contributed by atoms with Gasteiger partial charge in [-0.05, 0) is 25.1 Å². The molecular formula is C17H12F6N6O2. The molecule has 1 fully saturated rings. The largest absolute Gasteiger partial charge is 0.416 e. The highest BCUT2D eigenvalue weighted by atomic mass is 19.4. The summed E-state index contributed by atoms with van der Waals surface area (Å²) in [6, 6.07) is 1.86. The van der Waals surface area contributed by atoms with Crippen molar-refractivity contribution in [2.45, 2.75) is 25.0 Å². The van der Waals surface area contributed by atoms with Crippen molar-refractivity contribution in [3.8, 4) is 17.5 Å². The molecule has 1 unspecified atom stereocenters. The van der Waals surface area contributed by atoms with Crippen LogP contribution in [-0.2, 0) is 12.4 Å². The molecule has 0 saturated carbocycles. The Kier molecular flexibility index (Phi) is 5.18. The minimum Gasteiger partial charge on any atom is -0.366 e. The number of aliphatic hydroxyl groups is 1. The van der Waals surface area contributed by atoms with Crippen LogP contribution in [0.5, 0.6) is 0 Å². The Morgan fingerprint density at radius 1 is 1.19 bits per heavy atom. The van der Waals surface area contributed by atoms with Crippen molar-refractivity contribution < 1.29 is 36.2 Å². The number of amides is 2. The fourth-order valence-corrected chi connectivity index (χ4v) is 2.81. The van der Waals surface area contributed by atoms with Crippen molar-refractivity contribution in [3.63, 3.8) is 0 Å². The van der Waals surface area contributed by atoms with Gasteiger partial charge in [-0.2, -0.15) is 31.6 Å². The van der Waals surface area contributed by atoms with Gasteiger partial charge in [-0.1, -0.05) is 0 Å². The number of halogens is 6. The van der Waals surface area contributed by atoms with E-state index in [2.05, 4.69) is 15.4 Å². The summed E-state index contributed by atoms with van der Waals surface area (Å²) < 4.78 is 79.1. The smallest absolute Gasteiger partial charge is 0.366 e. The van der Waals surface area contributed by atoms with Gasteiger partial charge in [0, 0.05) is 5.56 Å². The zero-order chi connectivity index (χ0) is 23.2. The van der Waals surface area contributed by atoms with Gasteiger partial charge in [-0.25, -0.2) is 14.5 Å². The number of rotatable bonds is 3. The second-order valence-corrected chi connectivity index (χ2v) is 6.60. The molecule has 14 heteroatoms. The quantitative estimate of drug-likeness (QED) is 0.557. The highest BCUT2D eigenvalue weighted by Crippen LogP contribution is 2.38. The molecule has 1 atom stereocenters. The van der Waals surface area contributed by atoms with Crippen LogP contribution in [0, 0.1) is 11.3 Å². The summed E-state index contributed by atoms with van der Waals surface area (Å²) in [6.07, 6.45) is -8.05. The molecule has 1 saturated heterocycles. The number of carbonyl (C=O) groups is 1. The molecule has 8 nitrogen and oxygen atoms in total. The number of nitrogens with one attached hydrogen (secondary N) is 1. The molecule has 2 aromatic rings. The monoisotopic (exact) mass is 446 g/mol. The molecule has 1 aliphatic rings. The van der Waals surface area contributed by atoms with E-state index >= 15 is 0 Å². The topological polar surface area (TPSA) is 107 Å². The van der Waals surface area contributed by atoms with Crippen molar-refractivity contribution in [1.29, 1.82) is 5.26 Å². The molecule has 2 heterocycles. The molecular weight excluding hydrogens is 434 g/mol. The number of nitriles is 1. The van der Waals surface area contributed by atoms with Crippen LogP contribution in [0.4, 0.5) is 31.1 Å². The first-order chi connectivity index (χ1) is 14.2. The third-order valence-electron chi connectivity index (χ3n) is 4.22. The lowest BCUT2D eigenvalue weighted by Gasteiger charge is -2.19. The van der Waals surface area contributed by atoms with Gasteiger partial charge in [0.15, 0.2) is 11.5 Å². The van der Waals surface area contributed by atoms with E-state index in [-0.39, 0.29) is 11.8 Å². The summed E-state index contributed by atoms with van der Waals surface area (Å²) in [7, 11) is 0. The number of nitrogens with zero attached hydrogens (tertiary/aromatic N) is 5. The minimum atomic E-state index is -5.03. The Morgan fingerprint density at radius 2 is 1.77 bits per heavy atom. The van der Waals surface area contributed by atoms with Crippen molar-refractivity contribution in [2.24, 2.45) is 0 Å². The molecule has 2 N–H and O–H groups in total. The van der Waals surface area contributed by atoms with Gasteiger partial charge in [-0.3, -0.25) is 4.90 Å². The van der Waals surface area contributed by atoms with Gasteiger partial charge < -0.3 is 10.4 Å². The number of hydrogen-bond donors (Lipinski definition) is 2. The van der Waals surface area contributed by atoms with Crippen LogP contribution in [0.2, 0.25) is 0 Å². The summed E-state index contributed by atoms with van der Waals surface area (Å²) >= 11 is 0. The second-order valence-electron chi connectivity index (χ2n) is 6.60. The Bertz CT molecular complexity index is 1060. The zero-order valence-corrected chi connectivity index (χ0v) is 15.5. The van der Waals surface area contributed by atoms with Crippen LogP contribution < -0.4 is 5.32 Å².